The van der Waals surface area contributed by atoms with E-state index in [1.165, 1.54) is 16.7 Å². The summed E-state index contributed by atoms with van der Waals surface area (Å²) in [5.74, 6) is 1.33. The zero-order valence-corrected chi connectivity index (χ0v) is 12.9. The molecule has 0 bridgehead atoms. The maximum Gasteiger partial charge on any atom is 0.122 e. The van der Waals surface area contributed by atoms with Gasteiger partial charge in [0.05, 0.1) is 7.11 Å². The Kier molecular flexibility index (Phi) is 4.03. The molecule has 0 saturated heterocycles. The molecule has 0 spiro atoms. The fourth-order valence-electron chi connectivity index (χ4n) is 2.63. The lowest BCUT2D eigenvalue weighted by Crippen LogP contribution is -1.97. The number of phenolic OH excluding ortho intramolecular Hbond substituents is 1. The highest BCUT2D eigenvalue weighted by atomic mass is 16.5. The summed E-state index contributed by atoms with van der Waals surface area (Å²) < 4.78 is 5.35. The molecule has 20 heavy (non-hydrogen) atoms. The molecule has 0 fully saturated rings. The summed E-state index contributed by atoms with van der Waals surface area (Å²) >= 11 is 0. The van der Waals surface area contributed by atoms with E-state index in [9.17, 15) is 5.11 Å². The van der Waals surface area contributed by atoms with Crippen molar-refractivity contribution in [1.82, 2.24) is 0 Å². The number of phenols is 1. The van der Waals surface area contributed by atoms with Crippen LogP contribution in [0.1, 0.15) is 33.4 Å². The van der Waals surface area contributed by atoms with Crippen LogP contribution in [0, 0.1) is 27.7 Å². The van der Waals surface area contributed by atoms with Crippen molar-refractivity contribution in [2.75, 3.05) is 7.11 Å². The van der Waals surface area contributed by atoms with Crippen LogP contribution in [0.4, 0.5) is 0 Å². The third kappa shape index (κ3) is 2.79. The van der Waals surface area contributed by atoms with Gasteiger partial charge in [-0.1, -0.05) is 18.2 Å². The average Bonchev–Trinajstić information content (AvgIpc) is 2.39. The summed E-state index contributed by atoms with van der Waals surface area (Å²) in [6.07, 6.45) is 0.874. The van der Waals surface area contributed by atoms with Crippen LogP contribution in [0.25, 0.3) is 0 Å². The zero-order chi connectivity index (χ0) is 14.9. The zero-order valence-electron chi connectivity index (χ0n) is 12.9. The van der Waals surface area contributed by atoms with E-state index < -0.39 is 0 Å². The smallest absolute Gasteiger partial charge is 0.122 e. The molecule has 2 heteroatoms. The van der Waals surface area contributed by atoms with Gasteiger partial charge >= 0.3 is 0 Å². The minimum atomic E-state index is 0.399. The van der Waals surface area contributed by atoms with E-state index >= 15 is 0 Å². The molecule has 0 amide bonds. The summed E-state index contributed by atoms with van der Waals surface area (Å²) in [6.45, 7) is 8.06. The standard InChI is InChI=1S/C18H22O2/c1-11-9-17(20-5)12(2)8-16(11)10-15-6-13(3)18(19)14(4)7-15/h6-9,19H,10H2,1-5H3. The lowest BCUT2D eigenvalue weighted by atomic mass is 9.95. The Morgan fingerprint density at radius 2 is 1.45 bits per heavy atom. The van der Waals surface area contributed by atoms with Crippen molar-refractivity contribution >= 4 is 0 Å². The number of ether oxygens (including phenoxy) is 1. The molecule has 1 N–H and O–H groups in total. The first-order valence-electron chi connectivity index (χ1n) is 6.85. The Hall–Kier alpha value is -1.96. The van der Waals surface area contributed by atoms with E-state index in [0.717, 1.165) is 28.9 Å². The number of hydrogen-bond acceptors (Lipinski definition) is 2. The predicted molar refractivity (Wildman–Crippen MR) is 82.9 cm³/mol. The number of hydrogen-bond donors (Lipinski definition) is 1. The van der Waals surface area contributed by atoms with Crippen molar-refractivity contribution in [3.63, 3.8) is 0 Å². The summed E-state index contributed by atoms with van der Waals surface area (Å²) in [7, 11) is 1.70. The number of rotatable bonds is 3. The first kappa shape index (κ1) is 14.4. The predicted octanol–water partition coefficient (Wildman–Crippen LogP) is 4.23. The highest BCUT2D eigenvalue weighted by Gasteiger charge is 2.08. The van der Waals surface area contributed by atoms with E-state index in [4.69, 9.17) is 4.74 Å². The van der Waals surface area contributed by atoms with Crippen LogP contribution in [-0.2, 0) is 6.42 Å². The average molecular weight is 270 g/mol. The van der Waals surface area contributed by atoms with Gasteiger partial charge in [-0.2, -0.15) is 0 Å². The minimum absolute atomic E-state index is 0.399. The first-order valence-corrected chi connectivity index (χ1v) is 6.85. The largest absolute Gasteiger partial charge is 0.507 e. The molecule has 0 radical (unpaired) electrons. The van der Waals surface area contributed by atoms with E-state index in [1.54, 1.807) is 7.11 Å². The molecule has 106 valence electrons. The second-order valence-corrected chi connectivity index (χ2v) is 5.50. The van der Waals surface area contributed by atoms with Crippen molar-refractivity contribution in [2.24, 2.45) is 0 Å². The molecular formula is C18H22O2. The molecule has 2 aromatic rings. The molecular weight excluding hydrogens is 248 g/mol. The van der Waals surface area contributed by atoms with Crippen LogP contribution < -0.4 is 4.74 Å². The molecule has 0 aliphatic heterocycles. The number of aromatic hydroxyl groups is 1. The second-order valence-electron chi connectivity index (χ2n) is 5.50. The Morgan fingerprint density at radius 1 is 0.850 bits per heavy atom. The van der Waals surface area contributed by atoms with Gasteiger partial charge in [-0.25, -0.2) is 0 Å². The SMILES string of the molecule is COc1cc(C)c(Cc2cc(C)c(O)c(C)c2)cc1C. The van der Waals surface area contributed by atoms with Crippen molar-refractivity contribution in [1.29, 1.82) is 0 Å². The van der Waals surface area contributed by atoms with Gasteiger partial charge in [0.1, 0.15) is 11.5 Å². The highest BCUT2D eigenvalue weighted by molar-refractivity contribution is 5.46. The van der Waals surface area contributed by atoms with Gasteiger partial charge in [0.25, 0.3) is 0 Å². The normalized spacial score (nSPS) is 10.7. The van der Waals surface area contributed by atoms with E-state index in [1.807, 2.05) is 13.8 Å². The summed E-state index contributed by atoms with van der Waals surface area (Å²) in [5, 5.41) is 9.85. The van der Waals surface area contributed by atoms with Crippen LogP contribution in [0.5, 0.6) is 11.5 Å². The number of aryl methyl sites for hydroxylation is 4. The van der Waals surface area contributed by atoms with Gasteiger partial charge in [0.15, 0.2) is 0 Å². The Balaban J connectivity index is 2.37. The van der Waals surface area contributed by atoms with E-state index in [0.29, 0.717) is 5.75 Å². The third-order valence-electron chi connectivity index (χ3n) is 3.80. The van der Waals surface area contributed by atoms with Crippen LogP contribution in [-0.4, -0.2) is 12.2 Å². The van der Waals surface area contributed by atoms with Crippen molar-refractivity contribution in [3.8, 4) is 11.5 Å². The fourth-order valence-corrected chi connectivity index (χ4v) is 2.63. The van der Waals surface area contributed by atoms with E-state index in [2.05, 4.69) is 38.1 Å². The molecule has 0 aliphatic rings. The fraction of sp³-hybridized carbons (Fsp3) is 0.333. The third-order valence-corrected chi connectivity index (χ3v) is 3.80. The van der Waals surface area contributed by atoms with Crippen LogP contribution >= 0.6 is 0 Å². The van der Waals surface area contributed by atoms with E-state index in [-0.39, 0.29) is 0 Å². The molecule has 0 saturated carbocycles. The topological polar surface area (TPSA) is 29.5 Å². The molecule has 2 aromatic carbocycles. The Morgan fingerprint density at radius 3 is 2.00 bits per heavy atom. The van der Waals surface area contributed by atoms with Gasteiger partial charge in [0, 0.05) is 0 Å². The van der Waals surface area contributed by atoms with Crippen molar-refractivity contribution < 1.29 is 9.84 Å². The van der Waals surface area contributed by atoms with Gasteiger partial charge in [-0.3, -0.25) is 0 Å². The summed E-state index contributed by atoms with van der Waals surface area (Å²) in [5.41, 5.74) is 6.78. The first-order chi connectivity index (χ1) is 9.42. The van der Waals surface area contributed by atoms with Gasteiger partial charge < -0.3 is 9.84 Å². The van der Waals surface area contributed by atoms with Crippen LogP contribution in [0.3, 0.4) is 0 Å². The second kappa shape index (κ2) is 5.58. The lowest BCUT2D eigenvalue weighted by molar-refractivity contribution is 0.411. The Bertz CT molecular complexity index is 619. The molecule has 0 unspecified atom stereocenters. The lowest BCUT2D eigenvalue weighted by Gasteiger charge is -2.13. The molecule has 0 aliphatic carbocycles. The Labute approximate surface area is 121 Å². The number of methoxy groups -OCH3 is 1. The van der Waals surface area contributed by atoms with Gasteiger partial charge in [0.2, 0.25) is 0 Å². The summed E-state index contributed by atoms with van der Waals surface area (Å²) in [4.78, 5) is 0. The van der Waals surface area contributed by atoms with Gasteiger partial charge in [-0.15, -0.1) is 0 Å². The summed E-state index contributed by atoms with van der Waals surface area (Å²) in [6, 6.07) is 8.39. The number of benzene rings is 2. The molecule has 0 atom stereocenters. The molecule has 0 heterocycles. The maximum atomic E-state index is 9.85. The van der Waals surface area contributed by atoms with Crippen LogP contribution in [0.2, 0.25) is 0 Å². The molecule has 2 rings (SSSR count). The quantitative estimate of drug-likeness (QED) is 0.904. The highest BCUT2D eigenvalue weighted by Crippen LogP contribution is 2.27. The van der Waals surface area contributed by atoms with Crippen molar-refractivity contribution in [3.05, 3.63) is 57.6 Å². The molecule has 2 nitrogen and oxygen atoms in total. The van der Waals surface area contributed by atoms with Crippen LogP contribution in [0.15, 0.2) is 24.3 Å². The van der Waals surface area contributed by atoms with Crippen molar-refractivity contribution in [2.45, 2.75) is 34.1 Å². The monoisotopic (exact) mass is 270 g/mol. The minimum Gasteiger partial charge on any atom is -0.507 e. The maximum absolute atomic E-state index is 9.85. The van der Waals surface area contributed by atoms with Gasteiger partial charge in [-0.05, 0) is 73.6 Å². The molecule has 0 aromatic heterocycles.